The summed E-state index contributed by atoms with van der Waals surface area (Å²) in [6.45, 7) is 0.130. The molecular formula is C13H12ClNO4. The fraction of sp³-hybridized carbons (Fsp3) is 0.0769. The number of carbonyl (C=O) groups is 1. The lowest BCUT2D eigenvalue weighted by atomic mass is 10.2. The maximum atomic E-state index is 11.5. The fourth-order valence-electron chi connectivity index (χ4n) is 1.48. The first kappa shape index (κ1) is 14.8. The van der Waals surface area contributed by atoms with Gasteiger partial charge in [-0.25, -0.2) is 4.79 Å². The Morgan fingerprint density at radius 1 is 1.11 bits per heavy atom. The molecule has 1 heterocycles. The summed E-state index contributed by atoms with van der Waals surface area (Å²) < 4.78 is 0.787. The Hall–Kier alpha value is -2.27. The minimum Gasteiger partial charge on any atom is -0.476 e. The zero-order valence-corrected chi connectivity index (χ0v) is 10.7. The van der Waals surface area contributed by atoms with Gasteiger partial charge in [0.05, 0.1) is 0 Å². The summed E-state index contributed by atoms with van der Waals surface area (Å²) in [5.41, 5.74) is 0.147. The molecule has 0 aliphatic heterocycles. The molecule has 2 rings (SSSR count). The van der Waals surface area contributed by atoms with E-state index >= 15 is 0 Å². The third-order valence-electron chi connectivity index (χ3n) is 2.33. The molecular weight excluding hydrogens is 270 g/mol. The van der Waals surface area contributed by atoms with Crippen LogP contribution in [0.2, 0.25) is 0 Å². The molecule has 19 heavy (non-hydrogen) atoms. The summed E-state index contributed by atoms with van der Waals surface area (Å²) in [5.74, 6) is -1.21. The van der Waals surface area contributed by atoms with Crippen LogP contribution < -0.4 is 10.4 Å². The van der Waals surface area contributed by atoms with E-state index in [0.717, 1.165) is 10.3 Å². The van der Waals surface area contributed by atoms with Gasteiger partial charge in [-0.3, -0.25) is 4.79 Å². The van der Waals surface area contributed by atoms with E-state index in [0.29, 0.717) is 0 Å². The quantitative estimate of drug-likeness (QED) is 0.924. The van der Waals surface area contributed by atoms with E-state index in [-0.39, 0.29) is 24.7 Å². The van der Waals surface area contributed by atoms with Gasteiger partial charge in [0.15, 0.2) is 5.69 Å². The van der Waals surface area contributed by atoms with Crippen molar-refractivity contribution >= 4 is 18.4 Å². The van der Waals surface area contributed by atoms with E-state index in [4.69, 9.17) is 9.94 Å². The number of carboxylic acid groups (broad SMARTS) is 1. The molecule has 0 fully saturated rings. The highest BCUT2D eigenvalue weighted by Gasteiger charge is 2.11. The lowest BCUT2D eigenvalue weighted by Gasteiger charge is -2.10. The molecule has 0 aliphatic rings. The van der Waals surface area contributed by atoms with Gasteiger partial charge in [0.25, 0.3) is 5.56 Å². The van der Waals surface area contributed by atoms with Crippen molar-refractivity contribution < 1.29 is 14.7 Å². The van der Waals surface area contributed by atoms with Crippen molar-refractivity contribution in [2.45, 2.75) is 6.61 Å². The Balaban J connectivity index is 0.00000180. The molecule has 1 aromatic carbocycles. The third kappa shape index (κ3) is 3.59. The van der Waals surface area contributed by atoms with Gasteiger partial charge in [0, 0.05) is 6.07 Å². The normalized spacial score (nSPS) is 9.47. The molecule has 0 bridgehead atoms. The number of aromatic carboxylic acids is 1. The van der Waals surface area contributed by atoms with E-state index in [9.17, 15) is 9.59 Å². The van der Waals surface area contributed by atoms with Gasteiger partial charge >= 0.3 is 5.97 Å². The summed E-state index contributed by atoms with van der Waals surface area (Å²) in [7, 11) is 0. The van der Waals surface area contributed by atoms with Crippen LogP contribution in [0.5, 0.6) is 0 Å². The number of pyridine rings is 1. The molecule has 1 aromatic heterocycles. The van der Waals surface area contributed by atoms with Gasteiger partial charge < -0.3 is 9.94 Å². The number of hydrogen-bond donors (Lipinski definition) is 1. The molecule has 0 radical (unpaired) electrons. The minimum absolute atomic E-state index is 0. The first-order valence-corrected chi connectivity index (χ1v) is 5.31. The summed E-state index contributed by atoms with van der Waals surface area (Å²) in [5, 5.41) is 8.95. The second-order valence-electron chi connectivity index (χ2n) is 3.61. The Kier molecular flexibility index (Phi) is 5.14. The van der Waals surface area contributed by atoms with Gasteiger partial charge in [0.2, 0.25) is 0 Å². The number of benzene rings is 1. The Labute approximate surface area is 115 Å². The number of carboxylic acids is 1. The average molecular weight is 282 g/mol. The summed E-state index contributed by atoms with van der Waals surface area (Å²) in [6.07, 6.45) is 0. The van der Waals surface area contributed by atoms with Crippen LogP contribution in [0.15, 0.2) is 53.3 Å². The molecule has 1 N–H and O–H groups in total. The predicted molar refractivity (Wildman–Crippen MR) is 71.6 cm³/mol. The number of rotatable bonds is 4. The molecule has 0 amide bonds. The summed E-state index contributed by atoms with van der Waals surface area (Å²) in [6, 6.07) is 13.1. The van der Waals surface area contributed by atoms with E-state index in [1.165, 1.54) is 18.2 Å². The largest absolute Gasteiger partial charge is 0.476 e. The van der Waals surface area contributed by atoms with Crippen LogP contribution in [0.1, 0.15) is 16.1 Å². The molecule has 0 atom stereocenters. The van der Waals surface area contributed by atoms with Crippen molar-refractivity contribution in [1.82, 2.24) is 4.73 Å². The van der Waals surface area contributed by atoms with Crippen molar-refractivity contribution in [1.29, 1.82) is 0 Å². The summed E-state index contributed by atoms with van der Waals surface area (Å²) >= 11 is 0. The van der Waals surface area contributed by atoms with Crippen molar-refractivity contribution in [3.63, 3.8) is 0 Å². The van der Waals surface area contributed by atoms with Gasteiger partial charge in [0.1, 0.15) is 6.61 Å². The van der Waals surface area contributed by atoms with Gasteiger partial charge in [-0.2, -0.15) is 0 Å². The van der Waals surface area contributed by atoms with E-state index < -0.39 is 11.5 Å². The fourth-order valence-corrected chi connectivity index (χ4v) is 1.48. The molecule has 0 spiro atoms. The average Bonchev–Trinajstić information content (AvgIpc) is 2.38. The molecule has 6 heteroatoms. The van der Waals surface area contributed by atoms with Crippen LogP contribution in [0.3, 0.4) is 0 Å². The first-order valence-electron chi connectivity index (χ1n) is 5.31. The molecule has 2 aromatic rings. The topological polar surface area (TPSA) is 68.5 Å². The lowest BCUT2D eigenvalue weighted by molar-refractivity contribution is 0.0536. The van der Waals surface area contributed by atoms with Crippen LogP contribution >= 0.6 is 12.4 Å². The van der Waals surface area contributed by atoms with Crippen LogP contribution in [-0.2, 0) is 6.61 Å². The van der Waals surface area contributed by atoms with Crippen molar-refractivity contribution in [2.75, 3.05) is 0 Å². The van der Waals surface area contributed by atoms with Crippen molar-refractivity contribution in [3.05, 3.63) is 70.1 Å². The monoisotopic (exact) mass is 281 g/mol. The highest BCUT2D eigenvalue weighted by molar-refractivity contribution is 5.85. The molecule has 0 saturated heterocycles. The SMILES string of the molecule is Cl.O=C(O)c1cccc(=O)n1OCc1ccccc1. The van der Waals surface area contributed by atoms with E-state index in [1.807, 2.05) is 30.3 Å². The zero-order valence-electron chi connectivity index (χ0n) is 9.85. The molecule has 5 nitrogen and oxygen atoms in total. The second-order valence-corrected chi connectivity index (χ2v) is 3.61. The number of nitrogens with zero attached hydrogens (tertiary/aromatic N) is 1. The zero-order chi connectivity index (χ0) is 13.0. The smallest absolute Gasteiger partial charge is 0.356 e. The van der Waals surface area contributed by atoms with Crippen LogP contribution in [0.25, 0.3) is 0 Å². The van der Waals surface area contributed by atoms with Crippen molar-refractivity contribution in [3.8, 4) is 0 Å². The molecule has 100 valence electrons. The second kappa shape index (κ2) is 6.61. The Morgan fingerprint density at radius 2 is 1.79 bits per heavy atom. The molecule has 0 unspecified atom stereocenters. The maximum Gasteiger partial charge on any atom is 0.356 e. The van der Waals surface area contributed by atoms with Crippen LogP contribution in [0.4, 0.5) is 0 Å². The molecule has 0 aliphatic carbocycles. The maximum absolute atomic E-state index is 11.5. The third-order valence-corrected chi connectivity index (χ3v) is 2.33. The standard InChI is InChI=1S/C13H11NO4.ClH/c15-12-8-4-7-11(13(16)17)14(12)18-9-10-5-2-1-3-6-10;/h1-8H,9H2,(H,16,17);1H. The number of aromatic nitrogens is 1. The Morgan fingerprint density at radius 3 is 2.42 bits per heavy atom. The highest BCUT2D eigenvalue weighted by Crippen LogP contribution is 2.00. The number of halogens is 1. The molecule has 0 saturated carbocycles. The number of hydrogen-bond acceptors (Lipinski definition) is 3. The minimum atomic E-state index is -1.21. The van der Waals surface area contributed by atoms with E-state index in [1.54, 1.807) is 0 Å². The first-order chi connectivity index (χ1) is 8.68. The Bertz CT molecular complexity index is 610. The van der Waals surface area contributed by atoms with Crippen molar-refractivity contribution in [2.24, 2.45) is 0 Å². The van der Waals surface area contributed by atoms with Gasteiger partial charge in [-0.1, -0.05) is 36.4 Å². The van der Waals surface area contributed by atoms with Gasteiger partial charge in [-0.05, 0) is 11.6 Å². The van der Waals surface area contributed by atoms with Gasteiger partial charge in [-0.15, -0.1) is 17.1 Å². The van der Waals surface area contributed by atoms with Crippen LogP contribution in [-0.4, -0.2) is 15.8 Å². The highest BCUT2D eigenvalue weighted by atomic mass is 35.5. The van der Waals surface area contributed by atoms with Crippen LogP contribution in [0, 0.1) is 0 Å². The predicted octanol–water partition coefficient (Wildman–Crippen LogP) is 1.60. The lowest BCUT2D eigenvalue weighted by Crippen LogP contribution is -2.30. The summed E-state index contributed by atoms with van der Waals surface area (Å²) in [4.78, 5) is 27.7. The van der Waals surface area contributed by atoms with E-state index in [2.05, 4.69) is 0 Å².